The van der Waals surface area contributed by atoms with Gasteiger partial charge in [0.25, 0.3) is 0 Å². The molecule has 0 heterocycles. The molecule has 6 heteroatoms. The van der Waals surface area contributed by atoms with Crippen LogP contribution in [0.3, 0.4) is 0 Å². The zero-order chi connectivity index (χ0) is 28.7. The molecular formula is C33H65NO4S. The lowest BCUT2D eigenvalue weighted by atomic mass is 10.0. The Labute approximate surface area is 248 Å². The first-order valence-corrected chi connectivity index (χ1v) is 17.4. The number of esters is 1. The molecule has 1 N–H and O–H groups in total. The smallest absolute Gasteiger partial charge is 0.306 e. The first-order valence-electron chi connectivity index (χ1n) is 16.7. The molecule has 1 atom stereocenters. The number of hydrogen-bond acceptors (Lipinski definition) is 6. The average Bonchev–Trinajstić information content (AvgIpc) is 2.93. The highest BCUT2D eigenvalue weighted by atomic mass is 32.1. The Morgan fingerprint density at radius 2 is 1.23 bits per heavy atom. The second-order valence-corrected chi connectivity index (χ2v) is 11.8. The maximum Gasteiger partial charge on any atom is 0.306 e. The number of nitrogens with zero attached hydrogens (tertiary/aromatic N) is 1. The zero-order valence-corrected chi connectivity index (χ0v) is 26.6. The van der Waals surface area contributed by atoms with E-state index in [0.29, 0.717) is 12.8 Å². The molecule has 0 saturated heterocycles. The predicted octanol–water partition coefficient (Wildman–Crippen LogP) is 8.70. The topological polar surface area (TPSA) is 66.8 Å². The van der Waals surface area contributed by atoms with E-state index in [1.165, 1.54) is 83.5 Å². The third-order valence-electron chi connectivity index (χ3n) is 7.68. The normalized spacial score (nSPS) is 12.2. The molecule has 0 spiro atoms. The van der Waals surface area contributed by atoms with Gasteiger partial charge < -0.3 is 19.5 Å². The lowest BCUT2D eigenvalue weighted by Crippen LogP contribution is -2.29. The molecule has 0 aliphatic carbocycles. The Hall–Kier alpha value is -0.590. The minimum absolute atomic E-state index is 0.00362. The molecule has 5 nitrogen and oxygen atoms in total. The van der Waals surface area contributed by atoms with Crippen LogP contribution in [-0.4, -0.2) is 60.4 Å². The number of carbonyl (C=O) groups excluding carboxylic acids is 2. The van der Waals surface area contributed by atoms with E-state index in [1.807, 2.05) is 0 Å². The van der Waals surface area contributed by atoms with Crippen LogP contribution in [0.5, 0.6) is 0 Å². The molecule has 0 fully saturated rings. The highest BCUT2D eigenvalue weighted by molar-refractivity contribution is 7.80. The molecular weight excluding hydrogens is 506 g/mol. The van der Waals surface area contributed by atoms with Crippen molar-refractivity contribution < 1.29 is 19.4 Å². The molecule has 0 aliphatic heterocycles. The summed E-state index contributed by atoms with van der Waals surface area (Å²) in [5.74, 6) is 0.982. The van der Waals surface area contributed by atoms with Gasteiger partial charge in [-0.1, -0.05) is 90.4 Å². The maximum atomic E-state index is 12.5. The molecule has 0 aromatic rings. The van der Waals surface area contributed by atoms with Crippen molar-refractivity contribution in [1.82, 2.24) is 4.90 Å². The summed E-state index contributed by atoms with van der Waals surface area (Å²) >= 11 is 4.30. The van der Waals surface area contributed by atoms with Crippen LogP contribution in [-0.2, 0) is 14.3 Å². The molecule has 0 radical (unpaired) electrons. The van der Waals surface area contributed by atoms with Crippen molar-refractivity contribution >= 4 is 24.9 Å². The van der Waals surface area contributed by atoms with Crippen LogP contribution in [0.4, 0.5) is 0 Å². The molecule has 0 aliphatic rings. The third-order valence-corrected chi connectivity index (χ3v) is 8.00. The van der Waals surface area contributed by atoms with Crippen molar-refractivity contribution in [1.29, 1.82) is 0 Å². The highest BCUT2D eigenvalue weighted by Gasteiger charge is 2.14. The molecule has 0 amide bonds. The molecule has 0 aromatic carbocycles. The largest absolute Gasteiger partial charge is 0.462 e. The van der Waals surface area contributed by atoms with Crippen LogP contribution in [0, 0.1) is 0 Å². The molecule has 0 saturated carbocycles. The van der Waals surface area contributed by atoms with Gasteiger partial charge in [0.05, 0.1) is 6.61 Å². The molecule has 39 heavy (non-hydrogen) atoms. The van der Waals surface area contributed by atoms with E-state index in [9.17, 15) is 14.7 Å². The van der Waals surface area contributed by atoms with E-state index in [1.54, 1.807) is 0 Å². The highest BCUT2D eigenvalue weighted by Crippen LogP contribution is 2.18. The van der Waals surface area contributed by atoms with Gasteiger partial charge in [-0.05, 0) is 76.6 Å². The van der Waals surface area contributed by atoms with Gasteiger partial charge in [-0.15, -0.1) is 0 Å². The monoisotopic (exact) mass is 571 g/mol. The molecule has 0 bridgehead atoms. The lowest BCUT2D eigenvalue weighted by molar-refractivity contribution is -0.150. The fraction of sp³-hybridized carbons (Fsp3) is 0.939. The van der Waals surface area contributed by atoms with Crippen LogP contribution in [0.2, 0.25) is 0 Å². The summed E-state index contributed by atoms with van der Waals surface area (Å²) in [5, 5.41) is 9.38. The van der Waals surface area contributed by atoms with E-state index >= 15 is 0 Å². The summed E-state index contributed by atoms with van der Waals surface area (Å²) in [6.07, 6.45) is 28.0. The number of carbonyl (C=O) groups is 2. The van der Waals surface area contributed by atoms with E-state index in [-0.39, 0.29) is 18.7 Å². The molecule has 1 unspecified atom stereocenters. The maximum absolute atomic E-state index is 12.5. The van der Waals surface area contributed by atoms with Crippen molar-refractivity contribution in [2.24, 2.45) is 0 Å². The van der Waals surface area contributed by atoms with Gasteiger partial charge in [0.15, 0.2) is 0 Å². The standard InChI is InChI=1S/C33H65NO4S/c1-2-3-4-9-16-23-32(24-17-10-8-15-22-31-39)38-33(37)25-18-11-7-13-20-27-34(28-30-36)26-19-12-5-6-14-21-29-35/h29,32,36,39H,2-28,30-31H2,1H3. The fourth-order valence-electron chi connectivity index (χ4n) is 5.20. The number of rotatable bonds is 32. The Morgan fingerprint density at radius 3 is 1.79 bits per heavy atom. The van der Waals surface area contributed by atoms with Crippen LogP contribution in [0.15, 0.2) is 0 Å². The summed E-state index contributed by atoms with van der Waals surface area (Å²) in [7, 11) is 0. The van der Waals surface area contributed by atoms with Gasteiger partial charge >= 0.3 is 5.97 Å². The fourth-order valence-corrected chi connectivity index (χ4v) is 5.43. The second-order valence-electron chi connectivity index (χ2n) is 11.4. The number of aldehydes is 1. The Bertz CT molecular complexity index is 520. The van der Waals surface area contributed by atoms with Crippen molar-refractivity contribution in [3.05, 3.63) is 0 Å². The van der Waals surface area contributed by atoms with E-state index in [0.717, 1.165) is 89.5 Å². The van der Waals surface area contributed by atoms with E-state index in [2.05, 4.69) is 24.5 Å². The molecule has 0 aromatic heterocycles. The Kier molecular flexibility index (Phi) is 31.4. The van der Waals surface area contributed by atoms with E-state index in [4.69, 9.17) is 4.74 Å². The lowest BCUT2D eigenvalue weighted by Gasteiger charge is -2.21. The van der Waals surface area contributed by atoms with E-state index < -0.39 is 0 Å². The van der Waals surface area contributed by atoms with Crippen molar-refractivity contribution in [3.8, 4) is 0 Å². The van der Waals surface area contributed by atoms with Crippen LogP contribution < -0.4 is 0 Å². The Morgan fingerprint density at radius 1 is 0.718 bits per heavy atom. The minimum atomic E-state index is 0.00362. The summed E-state index contributed by atoms with van der Waals surface area (Å²) < 4.78 is 5.95. The number of ether oxygens (including phenoxy) is 1. The van der Waals surface area contributed by atoms with Crippen LogP contribution in [0.1, 0.15) is 161 Å². The van der Waals surface area contributed by atoms with Crippen molar-refractivity contribution in [2.45, 2.75) is 167 Å². The summed E-state index contributed by atoms with van der Waals surface area (Å²) in [6, 6.07) is 0. The zero-order valence-electron chi connectivity index (χ0n) is 25.7. The van der Waals surface area contributed by atoms with Crippen molar-refractivity contribution in [2.75, 3.05) is 32.0 Å². The third kappa shape index (κ3) is 28.7. The predicted molar refractivity (Wildman–Crippen MR) is 170 cm³/mol. The van der Waals surface area contributed by atoms with Gasteiger partial charge in [-0.2, -0.15) is 12.6 Å². The van der Waals surface area contributed by atoms with Gasteiger partial charge in [0.2, 0.25) is 0 Å². The number of aliphatic hydroxyl groups excluding tert-OH is 1. The number of unbranched alkanes of at least 4 members (excludes halogenated alkanes) is 17. The molecule has 232 valence electrons. The summed E-state index contributed by atoms with van der Waals surface area (Å²) in [4.78, 5) is 25.3. The van der Waals surface area contributed by atoms with Gasteiger partial charge in [-0.3, -0.25) is 4.79 Å². The minimum Gasteiger partial charge on any atom is -0.462 e. The Balaban J connectivity index is 4.01. The number of hydrogen-bond donors (Lipinski definition) is 2. The van der Waals surface area contributed by atoms with Crippen LogP contribution >= 0.6 is 12.6 Å². The number of thiol groups is 1. The summed E-state index contributed by atoms with van der Waals surface area (Å²) in [6.45, 7) is 5.32. The molecule has 0 rings (SSSR count). The number of aliphatic hydroxyl groups is 1. The first kappa shape index (κ1) is 38.4. The van der Waals surface area contributed by atoms with Crippen LogP contribution in [0.25, 0.3) is 0 Å². The van der Waals surface area contributed by atoms with Gasteiger partial charge in [-0.25, -0.2) is 0 Å². The quantitative estimate of drug-likeness (QED) is 0.0366. The van der Waals surface area contributed by atoms with Gasteiger partial charge in [0.1, 0.15) is 12.4 Å². The first-order chi connectivity index (χ1) is 19.2. The summed E-state index contributed by atoms with van der Waals surface area (Å²) in [5.41, 5.74) is 0. The SMILES string of the molecule is CCCCCCCC(CCCCCCCS)OC(=O)CCCCCCCN(CCO)CCCCCCCC=O. The van der Waals surface area contributed by atoms with Crippen molar-refractivity contribution in [3.63, 3.8) is 0 Å². The van der Waals surface area contributed by atoms with Gasteiger partial charge in [0, 0.05) is 19.4 Å². The second kappa shape index (κ2) is 31.9. The average molecular weight is 572 g/mol.